The number of carboxylic acid groups (broad SMARTS) is 1. The molecule has 0 bridgehead atoms. The summed E-state index contributed by atoms with van der Waals surface area (Å²) in [5.41, 5.74) is 0.870. The molecule has 4 nitrogen and oxygen atoms in total. The lowest BCUT2D eigenvalue weighted by Crippen LogP contribution is -2.18. The van der Waals surface area contributed by atoms with Crippen LogP contribution in [0.5, 0.6) is 0 Å². The van der Waals surface area contributed by atoms with E-state index >= 15 is 0 Å². The summed E-state index contributed by atoms with van der Waals surface area (Å²) in [7, 11) is 1.61. The molecule has 0 aliphatic rings. The lowest BCUT2D eigenvalue weighted by atomic mass is 10.0. The summed E-state index contributed by atoms with van der Waals surface area (Å²) in [4.78, 5) is 25.9. The molecule has 4 aromatic carbocycles. The van der Waals surface area contributed by atoms with E-state index in [2.05, 4.69) is 5.32 Å². The first-order valence-electron chi connectivity index (χ1n) is 8.77. The van der Waals surface area contributed by atoms with Crippen molar-refractivity contribution in [3.63, 3.8) is 0 Å². The van der Waals surface area contributed by atoms with Crippen molar-refractivity contribution in [3.05, 3.63) is 83.9 Å². The summed E-state index contributed by atoms with van der Waals surface area (Å²) in [6.45, 7) is 0. The maximum absolute atomic E-state index is 12.4. The van der Waals surface area contributed by atoms with Crippen molar-refractivity contribution in [2.24, 2.45) is 0 Å². The lowest BCUT2D eigenvalue weighted by Gasteiger charge is -2.13. The Morgan fingerprint density at radius 1 is 0.750 bits per heavy atom. The number of carboxylic acids is 1. The van der Waals surface area contributed by atoms with E-state index < -0.39 is 5.97 Å². The van der Waals surface area contributed by atoms with E-state index in [9.17, 15) is 14.7 Å². The number of hydrogen-bond acceptors (Lipinski definition) is 3. The molecule has 2 N–H and O–H groups in total. The van der Waals surface area contributed by atoms with E-state index in [0.29, 0.717) is 10.9 Å². The Hall–Kier alpha value is -3.31. The smallest absolute Gasteiger partial charge is 0.336 e. The van der Waals surface area contributed by atoms with Gasteiger partial charge < -0.3 is 10.4 Å². The minimum Gasteiger partial charge on any atom is -0.478 e. The van der Waals surface area contributed by atoms with Crippen LogP contribution >= 0.6 is 11.8 Å². The maximum atomic E-state index is 12.4. The summed E-state index contributed by atoms with van der Waals surface area (Å²) < 4.78 is 0. The number of carbonyl (C=O) groups excluding carboxylic acids is 1. The highest BCUT2D eigenvalue weighted by Crippen LogP contribution is 2.39. The van der Waals surface area contributed by atoms with Gasteiger partial charge in [-0.05, 0) is 35.0 Å². The molecule has 138 valence electrons. The standard InChI is InChI=1S/C23H17NO3S/c1-24-22(25)16-10-2-6-14-8-4-12-18(20(14)16)28-19-13-5-9-15-7-3-11-17(21(15)19)23(26)27/h2-13H,1H3,(H,24,25)(H,26,27). The number of carbonyl (C=O) groups is 2. The van der Waals surface area contributed by atoms with Gasteiger partial charge in [0.05, 0.1) is 5.56 Å². The molecule has 0 fully saturated rings. The zero-order valence-electron chi connectivity index (χ0n) is 15.1. The monoisotopic (exact) mass is 387 g/mol. The molecule has 28 heavy (non-hydrogen) atoms. The fourth-order valence-corrected chi connectivity index (χ4v) is 4.59. The minimum atomic E-state index is -0.956. The molecule has 0 radical (unpaired) electrons. The molecule has 4 aromatic rings. The number of aromatic carboxylic acids is 1. The SMILES string of the molecule is CNC(=O)c1cccc2cccc(Sc3cccc4cccc(C(=O)O)c34)c12. The first-order chi connectivity index (χ1) is 13.6. The van der Waals surface area contributed by atoms with Gasteiger partial charge in [0.2, 0.25) is 0 Å². The van der Waals surface area contributed by atoms with E-state index in [4.69, 9.17) is 0 Å². The van der Waals surface area contributed by atoms with E-state index in [-0.39, 0.29) is 11.5 Å². The molecule has 0 spiro atoms. The van der Waals surface area contributed by atoms with Crippen molar-refractivity contribution in [3.8, 4) is 0 Å². The predicted octanol–water partition coefficient (Wildman–Crippen LogP) is 5.20. The van der Waals surface area contributed by atoms with Crippen LogP contribution in [0.3, 0.4) is 0 Å². The third-order valence-corrected chi connectivity index (χ3v) is 5.78. The van der Waals surface area contributed by atoms with Gasteiger partial charge in [-0.15, -0.1) is 0 Å². The minimum absolute atomic E-state index is 0.150. The van der Waals surface area contributed by atoms with Gasteiger partial charge in [0, 0.05) is 33.2 Å². The zero-order chi connectivity index (χ0) is 19.7. The second kappa shape index (κ2) is 7.37. The normalized spacial score (nSPS) is 10.9. The number of rotatable bonds is 4. The fraction of sp³-hybridized carbons (Fsp3) is 0.0435. The third kappa shape index (κ3) is 3.10. The Bertz CT molecular complexity index is 1220. The van der Waals surface area contributed by atoms with Crippen LogP contribution in [0.4, 0.5) is 0 Å². The van der Waals surface area contributed by atoms with E-state index in [1.165, 1.54) is 11.8 Å². The summed E-state index contributed by atoms with van der Waals surface area (Å²) in [5, 5.41) is 15.7. The largest absolute Gasteiger partial charge is 0.478 e. The average molecular weight is 387 g/mol. The van der Waals surface area contributed by atoms with Crippen LogP contribution in [0.15, 0.2) is 82.6 Å². The molecule has 0 aromatic heterocycles. The quantitative estimate of drug-likeness (QED) is 0.505. The molecule has 0 aliphatic carbocycles. The number of benzene rings is 4. The van der Waals surface area contributed by atoms with Crippen molar-refractivity contribution < 1.29 is 14.7 Å². The van der Waals surface area contributed by atoms with Crippen molar-refractivity contribution >= 4 is 45.2 Å². The molecular weight excluding hydrogens is 370 g/mol. The van der Waals surface area contributed by atoms with E-state index in [1.54, 1.807) is 25.2 Å². The van der Waals surface area contributed by atoms with Crippen LogP contribution in [-0.4, -0.2) is 24.0 Å². The Morgan fingerprint density at radius 2 is 1.21 bits per heavy atom. The summed E-state index contributed by atoms with van der Waals surface area (Å²) in [6.07, 6.45) is 0. The molecule has 4 rings (SSSR count). The maximum Gasteiger partial charge on any atom is 0.336 e. The van der Waals surface area contributed by atoms with Gasteiger partial charge >= 0.3 is 5.97 Å². The first kappa shape index (κ1) is 18.1. The molecule has 0 saturated carbocycles. The fourth-order valence-electron chi connectivity index (χ4n) is 3.40. The third-order valence-electron chi connectivity index (χ3n) is 4.65. The topological polar surface area (TPSA) is 66.4 Å². The van der Waals surface area contributed by atoms with Gasteiger partial charge in [0.25, 0.3) is 5.91 Å². The van der Waals surface area contributed by atoms with Crippen molar-refractivity contribution in [2.45, 2.75) is 9.79 Å². The Balaban J connectivity index is 1.95. The second-order valence-corrected chi connectivity index (χ2v) is 7.39. The van der Waals surface area contributed by atoms with Crippen LogP contribution in [0.25, 0.3) is 21.5 Å². The Morgan fingerprint density at radius 3 is 1.71 bits per heavy atom. The highest BCUT2D eigenvalue weighted by molar-refractivity contribution is 7.99. The van der Waals surface area contributed by atoms with Crippen molar-refractivity contribution in [1.82, 2.24) is 5.32 Å². The van der Waals surface area contributed by atoms with E-state index in [1.807, 2.05) is 54.6 Å². The number of hydrogen-bond donors (Lipinski definition) is 2. The molecule has 1 amide bonds. The second-order valence-electron chi connectivity index (χ2n) is 6.31. The van der Waals surface area contributed by atoms with Crippen LogP contribution in [0.1, 0.15) is 20.7 Å². The summed E-state index contributed by atoms with van der Waals surface area (Å²) in [5.74, 6) is -1.11. The highest BCUT2D eigenvalue weighted by Gasteiger charge is 2.16. The average Bonchev–Trinajstić information content (AvgIpc) is 2.72. The Labute approximate surface area is 166 Å². The molecule has 0 saturated heterocycles. The molecule has 5 heteroatoms. The van der Waals surface area contributed by atoms with Crippen molar-refractivity contribution in [2.75, 3.05) is 7.05 Å². The predicted molar refractivity (Wildman–Crippen MR) is 112 cm³/mol. The molecule has 0 unspecified atom stereocenters. The zero-order valence-corrected chi connectivity index (χ0v) is 15.9. The van der Waals surface area contributed by atoms with Gasteiger partial charge in [0.15, 0.2) is 0 Å². The number of fused-ring (bicyclic) bond motifs is 2. The van der Waals surface area contributed by atoms with Crippen LogP contribution in [0, 0.1) is 0 Å². The van der Waals surface area contributed by atoms with E-state index in [0.717, 1.165) is 25.9 Å². The number of amides is 1. The van der Waals surface area contributed by atoms with Crippen LogP contribution in [-0.2, 0) is 0 Å². The van der Waals surface area contributed by atoms with Crippen LogP contribution in [0.2, 0.25) is 0 Å². The van der Waals surface area contributed by atoms with Crippen molar-refractivity contribution in [1.29, 1.82) is 0 Å². The number of nitrogens with one attached hydrogen (secondary N) is 1. The Kier molecular flexibility index (Phi) is 4.75. The van der Waals surface area contributed by atoms with Crippen LogP contribution < -0.4 is 5.32 Å². The first-order valence-corrected chi connectivity index (χ1v) is 9.58. The summed E-state index contributed by atoms with van der Waals surface area (Å²) >= 11 is 1.48. The van der Waals surface area contributed by atoms with Gasteiger partial charge in [-0.3, -0.25) is 4.79 Å². The summed E-state index contributed by atoms with van der Waals surface area (Å²) in [6, 6.07) is 22.5. The molecule has 0 heterocycles. The molecule has 0 atom stereocenters. The molecular formula is C23H17NO3S. The van der Waals surface area contributed by atoms with Gasteiger partial charge in [-0.1, -0.05) is 60.3 Å². The van der Waals surface area contributed by atoms with Gasteiger partial charge in [-0.2, -0.15) is 0 Å². The highest BCUT2D eigenvalue weighted by atomic mass is 32.2. The molecule has 0 aliphatic heterocycles. The lowest BCUT2D eigenvalue weighted by molar-refractivity contribution is 0.0698. The van der Waals surface area contributed by atoms with Gasteiger partial charge in [0.1, 0.15) is 0 Å². The van der Waals surface area contributed by atoms with Gasteiger partial charge in [-0.25, -0.2) is 4.79 Å².